The van der Waals surface area contributed by atoms with Crippen molar-refractivity contribution in [2.75, 3.05) is 18.6 Å². The number of amides is 2. The molecule has 4 atom stereocenters. The van der Waals surface area contributed by atoms with E-state index in [-0.39, 0.29) is 11.8 Å². The van der Waals surface area contributed by atoms with Gasteiger partial charge in [0.05, 0.1) is 6.04 Å². The number of thioether (sulfide) groups is 1. The van der Waals surface area contributed by atoms with Crippen LogP contribution in [0, 0.1) is 5.92 Å². The van der Waals surface area contributed by atoms with Crippen LogP contribution < -0.4 is 11.1 Å². The number of hydrogen-bond donors (Lipinski definition) is 3. The van der Waals surface area contributed by atoms with Crippen molar-refractivity contribution in [2.45, 2.75) is 57.7 Å². The summed E-state index contributed by atoms with van der Waals surface area (Å²) >= 11 is 1.62. The van der Waals surface area contributed by atoms with Crippen LogP contribution in [0.2, 0.25) is 0 Å². The van der Waals surface area contributed by atoms with Gasteiger partial charge >= 0.3 is 5.97 Å². The summed E-state index contributed by atoms with van der Waals surface area (Å²) in [5.41, 5.74) is 5.93. The summed E-state index contributed by atoms with van der Waals surface area (Å²) < 4.78 is 0. The average molecular weight is 359 g/mol. The molecule has 1 rings (SSSR count). The van der Waals surface area contributed by atoms with E-state index in [1.807, 2.05) is 13.2 Å². The van der Waals surface area contributed by atoms with Crippen LogP contribution in [-0.4, -0.2) is 64.5 Å². The van der Waals surface area contributed by atoms with Crippen LogP contribution in [0.1, 0.15) is 39.5 Å². The number of likely N-dealkylation sites (tertiary alicyclic amines) is 1. The van der Waals surface area contributed by atoms with Gasteiger partial charge in [-0.2, -0.15) is 11.8 Å². The third-order valence-electron chi connectivity index (χ3n) is 4.57. The van der Waals surface area contributed by atoms with Crippen molar-refractivity contribution in [1.29, 1.82) is 0 Å². The van der Waals surface area contributed by atoms with Gasteiger partial charge in [0.25, 0.3) is 0 Å². The van der Waals surface area contributed by atoms with Crippen molar-refractivity contribution in [2.24, 2.45) is 11.7 Å². The summed E-state index contributed by atoms with van der Waals surface area (Å²) in [6, 6.07) is -2.18. The molecular weight excluding hydrogens is 330 g/mol. The Morgan fingerprint density at radius 1 is 1.42 bits per heavy atom. The van der Waals surface area contributed by atoms with Gasteiger partial charge in [0.2, 0.25) is 11.8 Å². The molecule has 0 saturated carbocycles. The molecule has 1 heterocycles. The van der Waals surface area contributed by atoms with E-state index in [0.717, 1.165) is 12.2 Å². The Balaban J connectivity index is 2.74. The van der Waals surface area contributed by atoms with E-state index >= 15 is 0 Å². The molecule has 1 fully saturated rings. The Morgan fingerprint density at radius 2 is 2.08 bits per heavy atom. The smallest absolute Gasteiger partial charge is 0.326 e. The molecule has 0 aliphatic carbocycles. The largest absolute Gasteiger partial charge is 0.480 e. The average Bonchev–Trinajstić information content (AvgIpc) is 3.05. The lowest BCUT2D eigenvalue weighted by Crippen LogP contribution is -2.55. The number of carboxylic acids is 1. The van der Waals surface area contributed by atoms with Gasteiger partial charge in [0.1, 0.15) is 12.1 Å². The molecule has 2 amide bonds. The number of aliphatic carboxylic acids is 1. The van der Waals surface area contributed by atoms with Gasteiger partial charge in [-0.1, -0.05) is 20.3 Å². The highest BCUT2D eigenvalue weighted by molar-refractivity contribution is 7.98. The van der Waals surface area contributed by atoms with Crippen molar-refractivity contribution in [3.63, 3.8) is 0 Å². The van der Waals surface area contributed by atoms with Crippen LogP contribution in [0.5, 0.6) is 0 Å². The van der Waals surface area contributed by atoms with Crippen molar-refractivity contribution < 1.29 is 19.5 Å². The van der Waals surface area contributed by atoms with Gasteiger partial charge < -0.3 is 21.1 Å². The molecule has 0 aromatic rings. The maximum atomic E-state index is 12.5. The molecule has 4 N–H and O–H groups in total. The standard InChI is InChI=1S/C16H29N3O4S/c1-4-10(2)13(16(22)23)18-14(20)12-6-5-8-19(12)15(21)11(17)7-9-24-3/h10-13H,4-9,17H2,1-3H3,(H,18,20)(H,22,23). The van der Waals surface area contributed by atoms with E-state index in [1.54, 1.807) is 18.7 Å². The highest BCUT2D eigenvalue weighted by Gasteiger charge is 2.38. The van der Waals surface area contributed by atoms with Crippen molar-refractivity contribution in [1.82, 2.24) is 10.2 Å². The van der Waals surface area contributed by atoms with Crippen molar-refractivity contribution in [3.8, 4) is 0 Å². The normalized spacial score (nSPS) is 21.2. The maximum absolute atomic E-state index is 12.5. The van der Waals surface area contributed by atoms with Gasteiger partial charge in [-0.3, -0.25) is 9.59 Å². The molecule has 4 unspecified atom stereocenters. The fourth-order valence-corrected chi connectivity index (χ4v) is 3.31. The van der Waals surface area contributed by atoms with E-state index in [4.69, 9.17) is 5.73 Å². The molecule has 1 saturated heterocycles. The maximum Gasteiger partial charge on any atom is 0.326 e. The van der Waals surface area contributed by atoms with E-state index in [2.05, 4.69) is 5.32 Å². The van der Waals surface area contributed by atoms with Crippen LogP contribution in [0.4, 0.5) is 0 Å². The Labute approximate surface area is 147 Å². The van der Waals surface area contributed by atoms with Crippen LogP contribution in [0.3, 0.4) is 0 Å². The second-order valence-electron chi connectivity index (χ2n) is 6.29. The van der Waals surface area contributed by atoms with Crippen LogP contribution in [0.15, 0.2) is 0 Å². The van der Waals surface area contributed by atoms with Gasteiger partial charge in [0.15, 0.2) is 0 Å². The predicted octanol–water partition coefficient (Wildman–Crippen LogP) is 0.673. The van der Waals surface area contributed by atoms with Gasteiger partial charge in [-0.05, 0) is 37.2 Å². The number of carboxylic acid groups (broad SMARTS) is 1. The van der Waals surface area contributed by atoms with Crippen molar-refractivity contribution >= 4 is 29.5 Å². The number of carbonyl (C=O) groups excluding carboxylic acids is 2. The minimum Gasteiger partial charge on any atom is -0.480 e. The number of nitrogens with zero attached hydrogens (tertiary/aromatic N) is 1. The molecule has 0 aromatic carbocycles. The third kappa shape index (κ3) is 5.37. The summed E-state index contributed by atoms with van der Waals surface area (Å²) in [7, 11) is 0. The first-order valence-corrected chi connectivity index (χ1v) is 9.81. The molecule has 0 spiro atoms. The molecule has 8 heteroatoms. The fourth-order valence-electron chi connectivity index (χ4n) is 2.82. The van der Waals surface area contributed by atoms with Gasteiger partial charge in [-0.15, -0.1) is 0 Å². The predicted molar refractivity (Wildman–Crippen MR) is 94.7 cm³/mol. The zero-order chi connectivity index (χ0) is 18.3. The lowest BCUT2D eigenvalue weighted by molar-refractivity contribution is -0.145. The van der Waals surface area contributed by atoms with Crippen LogP contribution in [-0.2, 0) is 14.4 Å². The second-order valence-corrected chi connectivity index (χ2v) is 7.27. The molecule has 138 valence electrons. The van der Waals surface area contributed by atoms with E-state index in [0.29, 0.717) is 25.8 Å². The van der Waals surface area contributed by atoms with E-state index in [9.17, 15) is 19.5 Å². The molecule has 1 aliphatic heterocycles. The number of hydrogen-bond acceptors (Lipinski definition) is 5. The zero-order valence-electron chi connectivity index (χ0n) is 14.7. The fraction of sp³-hybridized carbons (Fsp3) is 0.812. The molecular formula is C16H29N3O4S. The molecule has 24 heavy (non-hydrogen) atoms. The topological polar surface area (TPSA) is 113 Å². The lowest BCUT2D eigenvalue weighted by Gasteiger charge is -2.28. The summed E-state index contributed by atoms with van der Waals surface area (Å²) in [5.74, 6) is -1.07. The number of carbonyl (C=O) groups is 3. The Bertz CT molecular complexity index is 461. The summed E-state index contributed by atoms with van der Waals surface area (Å²) in [6.45, 7) is 4.16. The van der Waals surface area contributed by atoms with E-state index in [1.165, 1.54) is 4.90 Å². The van der Waals surface area contributed by atoms with Crippen molar-refractivity contribution in [3.05, 3.63) is 0 Å². The number of rotatable bonds is 9. The quantitative estimate of drug-likeness (QED) is 0.558. The van der Waals surface area contributed by atoms with Gasteiger partial charge in [-0.25, -0.2) is 4.79 Å². The third-order valence-corrected chi connectivity index (χ3v) is 5.21. The van der Waals surface area contributed by atoms with Gasteiger partial charge in [0, 0.05) is 6.54 Å². The minimum absolute atomic E-state index is 0.180. The summed E-state index contributed by atoms with van der Waals surface area (Å²) in [6.07, 6.45) is 4.42. The summed E-state index contributed by atoms with van der Waals surface area (Å²) in [4.78, 5) is 37.9. The number of nitrogens with two attached hydrogens (primary N) is 1. The minimum atomic E-state index is -1.05. The van der Waals surface area contributed by atoms with E-state index < -0.39 is 30.0 Å². The molecule has 0 bridgehead atoms. The Kier molecular flexibility index (Phi) is 8.55. The first kappa shape index (κ1) is 20.8. The highest BCUT2D eigenvalue weighted by atomic mass is 32.2. The lowest BCUT2D eigenvalue weighted by atomic mass is 9.98. The molecule has 0 radical (unpaired) electrons. The highest BCUT2D eigenvalue weighted by Crippen LogP contribution is 2.20. The number of nitrogens with one attached hydrogen (secondary N) is 1. The molecule has 1 aliphatic rings. The molecule has 7 nitrogen and oxygen atoms in total. The SMILES string of the molecule is CCC(C)C(NC(=O)C1CCCN1C(=O)C(N)CCSC)C(=O)O. The molecule has 0 aromatic heterocycles. The van der Waals surface area contributed by atoms with Crippen LogP contribution in [0.25, 0.3) is 0 Å². The first-order valence-electron chi connectivity index (χ1n) is 8.41. The Morgan fingerprint density at radius 3 is 2.62 bits per heavy atom. The zero-order valence-corrected chi connectivity index (χ0v) is 15.5. The monoisotopic (exact) mass is 359 g/mol. The second kappa shape index (κ2) is 9.88. The van der Waals surface area contributed by atoms with Crippen LogP contribution >= 0.6 is 11.8 Å². The first-order chi connectivity index (χ1) is 11.3. The Hall–Kier alpha value is -1.28. The summed E-state index contributed by atoms with van der Waals surface area (Å²) in [5, 5.41) is 11.9.